The second-order valence-electron chi connectivity index (χ2n) is 7.81. The largest absolute Gasteiger partial charge is 0.573 e. The summed E-state index contributed by atoms with van der Waals surface area (Å²) in [7, 11) is 1.43. The summed E-state index contributed by atoms with van der Waals surface area (Å²) < 4.78 is 77.5. The Hall–Kier alpha value is -3.98. The minimum atomic E-state index is -5.08. The molecule has 0 amide bonds. The summed E-state index contributed by atoms with van der Waals surface area (Å²) in [4.78, 5) is 30.8. The molecule has 1 unspecified atom stereocenters. The summed E-state index contributed by atoms with van der Waals surface area (Å²) >= 11 is 0. The van der Waals surface area contributed by atoms with Crippen LogP contribution in [0.25, 0.3) is 0 Å². The van der Waals surface area contributed by atoms with Crippen LogP contribution in [0.3, 0.4) is 0 Å². The zero-order valence-electron chi connectivity index (χ0n) is 19.8. The second-order valence-corrected chi connectivity index (χ2v) is 7.81. The molecule has 1 aliphatic rings. The van der Waals surface area contributed by atoms with Gasteiger partial charge in [0.1, 0.15) is 23.4 Å². The Balaban J connectivity index is 0.000000638. The maximum atomic E-state index is 12.2. The smallest absolute Gasteiger partial charge is 0.480 e. The minimum absolute atomic E-state index is 0.114. The van der Waals surface area contributed by atoms with Crippen molar-refractivity contribution in [3.05, 3.63) is 35.9 Å². The van der Waals surface area contributed by atoms with Crippen LogP contribution in [-0.2, 0) is 16.0 Å². The van der Waals surface area contributed by atoms with Gasteiger partial charge in [-0.1, -0.05) is 12.1 Å². The highest BCUT2D eigenvalue weighted by Gasteiger charge is 2.38. The maximum Gasteiger partial charge on any atom is 0.573 e. The number of aliphatic carboxylic acids is 2. The molecule has 0 radical (unpaired) electrons. The molecule has 1 fully saturated rings. The van der Waals surface area contributed by atoms with Crippen LogP contribution in [0.2, 0.25) is 0 Å². The molecule has 10 nitrogen and oxygen atoms in total. The minimum Gasteiger partial charge on any atom is -0.480 e. The third-order valence-corrected chi connectivity index (χ3v) is 5.08. The lowest BCUT2D eigenvalue weighted by Crippen LogP contribution is -2.45. The van der Waals surface area contributed by atoms with Gasteiger partial charge in [-0.15, -0.1) is 13.2 Å². The highest BCUT2D eigenvalue weighted by molar-refractivity contribution is 5.78. The summed E-state index contributed by atoms with van der Waals surface area (Å²) in [6.45, 7) is 1.02. The maximum absolute atomic E-state index is 12.2. The molecule has 1 atom stereocenters. The van der Waals surface area contributed by atoms with E-state index >= 15 is 0 Å². The molecule has 1 aromatic heterocycles. The molecule has 210 valence electrons. The number of methoxy groups -OCH3 is 1. The van der Waals surface area contributed by atoms with Crippen molar-refractivity contribution in [2.24, 2.45) is 0 Å². The van der Waals surface area contributed by atoms with Crippen LogP contribution >= 0.6 is 0 Å². The monoisotopic (exact) mass is 554 g/mol. The molecule has 38 heavy (non-hydrogen) atoms. The van der Waals surface area contributed by atoms with Crippen molar-refractivity contribution in [1.82, 2.24) is 9.97 Å². The molecule has 3 N–H and O–H groups in total. The molecule has 0 aliphatic carbocycles. The Kier molecular flexibility index (Phi) is 10.4. The fourth-order valence-corrected chi connectivity index (χ4v) is 3.40. The number of rotatable bonds is 8. The molecule has 1 aromatic carbocycles. The van der Waals surface area contributed by atoms with Gasteiger partial charge in [-0.2, -0.15) is 23.1 Å². The number of aromatic nitrogens is 2. The number of ether oxygens (including phenoxy) is 2. The average molecular weight is 554 g/mol. The van der Waals surface area contributed by atoms with E-state index in [1.165, 1.54) is 19.2 Å². The number of carbonyl (C=O) groups is 2. The summed E-state index contributed by atoms with van der Waals surface area (Å²) in [6, 6.07) is 6.76. The number of carboxylic acid groups (broad SMARTS) is 2. The molecule has 16 heteroatoms. The fraction of sp³-hybridized carbons (Fsp3) is 0.455. The summed E-state index contributed by atoms with van der Waals surface area (Å²) in [5, 5.41) is 19.8. The third kappa shape index (κ3) is 9.82. The summed E-state index contributed by atoms with van der Waals surface area (Å²) in [5.41, 5.74) is 0.810. The lowest BCUT2D eigenvalue weighted by molar-refractivity contribution is -0.274. The van der Waals surface area contributed by atoms with Crippen molar-refractivity contribution < 1.29 is 55.6 Å². The zero-order valence-corrected chi connectivity index (χ0v) is 19.8. The molecule has 0 saturated carbocycles. The van der Waals surface area contributed by atoms with E-state index in [1.54, 1.807) is 23.1 Å². The van der Waals surface area contributed by atoms with Gasteiger partial charge >= 0.3 is 30.5 Å². The van der Waals surface area contributed by atoms with E-state index in [-0.39, 0.29) is 11.8 Å². The summed E-state index contributed by atoms with van der Waals surface area (Å²) in [5.74, 6) is -3.00. The number of hydrogen-bond donors (Lipinski definition) is 3. The average Bonchev–Trinajstić information content (AvgIpc) is 2.83. The van der Waals surface area contributed by atoms with Gasteiger partial charge in [-0.05, 0) is 43.4 Å². The van der Waals surface area contributed by atoms with E-state index in [0.717, 1.165) is 18.4 Å². The molecule has 1 aliphatic heterocycles. The van der Waals surface area contributed by atoms with Crippen molar-refractivity contribution >= 4 is 23.6 Å². The first-order valence-corrected chi connectivity index (χ1v) is 11.0. The second kappa shape index (κ2) is 13.0. The van der Waals surface area contributed by atoms with Gasteiger partial charge < -0.3 is 29.9 Å². The van der Waals surface area contributed by atoms with Crippen LogP contribution in [0.1, 0.15) is 24.8 Å². The molecular weight excluding hydrogens is 530 g/mol. The van der Waals surface area contributed by atoms with Crippen LogP contribution in [0.15, 0.2) is 30.3 Å². The van der Waals surface area contributed by atoms with Crippen molar-refractivity contribution in [3.8, 4) is 11.8 Å². The van der Waals surface area contributed by atoms with E-state index in [4.69, 9.17) is 14.6 Å². The molecule has 2 aromatic rings. The number of halogens is 6. The summed E-state index contributed by atoms with van der Waals surface area (Å²) in [6.07, 6.45) is -7.03. The van der Waals surface area contributed by atoms with Crippen LogP contribution in [0, 0.1) is 0 Å². The van der Waals surface area contributed by atoms with Crippen molar-refractivity contribution in [3.63, 3.8) is 0 Å². The fourth-order valence-electron chi connectivity index (χ4n) is 3.40. The number of carboxylic acids is 2. The van der Waals surface area contributed by atoms with E-state index in [2.05, 4.69) is 20.0 Å². The number of nitrogens with one attached hydrogen (secondary N) is 1. The SMILES string of the molecule is COc1nc(NCCc2ccc(OC(F)(F)F)cc2)cc(N2CCCCC2C(=O)O)n1.O=C(O)C(F)(F)F. The van der Waals surface area contributed by atoms with Gasteiger partial charge in [0.25, 0.3) is 0 Å². The van der Waals surface area contributed by atoms with Gasteiger partial charge in [0, 0.05) is 19.2 Å². The predicted molar refractivity (Wildman–Crippen MR) is 120 cm³/mol. The first kappa shape index (κ1) is 30.2. The molecular formula is C22H24F6N4O6. The van der Waals surface area contributed by atoms with E-state index in [0.29, 0.717) is 37.6 Å². The third-order valence-electron chi connectivity index (χ3n) is 5.08. The first-order chi connectivity index (χ1) is 17.7. The Morgan fingerprint density at radius 2 is 1.71 bits per heavy atom. The molecule has 0 bridgehead atoms. The van der Waals surface area contributed by atoms with E-state index in [1.807, 2.05) is 0 Å². The van der Waals surface area contributed by atoms with Gasteiger partial charge in [0.15, 0.2) is 0 Å². The van der Waals surface area contributed by atoms with Gasteiger partial charge in [-0.3, -0.25) is 0 Å². The van der Waals surface area contributed by atoms with Crippen LogP contribution in [0.5, 0.6) is 11.8 Å². The Bertz CT molecular complexity index is 1080. The van der Waals surface area contributed by atoms with Crippen molar-refractivity contribution in [1.29, 1.82) is 0 Å². The number of benzene rings is 1. The molecule has 2 heterocycles. The van der Waals surface area contributed by atoms with Gasteiger partial charge in [0.05, 0.1) is 7.11 Å². The van der Waals surface area contributed by atoms with Crippen LogP contribution in [-0.4, -0.2) is 70.9 Å². The molecule has 0 spiro atoms. The van der Waals surface area contributed by atoms with Crippen molar-refractivity contribution in [2.75, 3.05) is 30.4 Å². The number of piperidine rings is 1. The van der Waals surface area contributed by atoms with Gasteiger partial charge in [0.2, 0.25) is 0 Å². The Morgan fingerprint density at radius 3 is 2.24 bits per heavy atom. The molecule has 3 rings (SSSR count). The van der Waals surface area contributed by atoms with E-state index < -0.39 is 30.5 Å². The lowest BCUT2D eigenvalue weighted by Gasteiger charge is -2.34. The topological polar surface area (TPSA) is 134 Å². The molecule has 1 saturated heterocycles. The quantitative estimate of drug-likeness (QED) is 0.409. The first-order valence-electron chi connectivity index (χ1n) is 11.0. The Morgan fingerprint density at radius 1 is 1.08 bits per heavy atom. The van der Waals surface area contributed by atoms with Crippen LogP contribution in [0.4, 0.5) is 38.0 Å². The Labute approximate surface area is 212 Å². The lowest BCUT2D eigenvalue weighted by atomic mass is 10.0. The highest BCUT2D eigenvalue weighted by Crippen LogP contribution is 2.27. The van der Waals surface area contributed by atoms with Crippen LogP contribution < -0.4 is 19.7 Å². The standard InChI is InChI=1S/C20H23F3N4O4.C2HF3O2/c1-30-19-25-16(12-17(26-19)27-11-3-2-4-15(27)18(28)29)24-10-9-13-5-7-14(8-6-13)31-20(21,22)23;3-2(4,5)1(6)7/h5-8,12,15H,2-4,9-11H2,1H3,(H,28,29)(H,24,25,26);(H,6,7). The number of hydrogen-bond acceptors (Lipinski definition) is 8. The highest BCUT2D eigenvalue weighted by atomic mass is 19.4. The number of nitrogens with zero attached hydrogens (tertiary/aromatic N) is 3. The number of alkyl halides is 6. The van der Waals surface area contributed by atoms with Crippen molar-refractivity contribution in [2.45, 2.75) is 44.3 Å². The normalized spacial score (nSPS) is 15.7. The van der Waals surface area contributed by atoms with E-state index in [9.17, 15) is 36.2 Å². The van der Waals surface area contributed by atoms with Gasteiger partial charge in [-0.25, -0.2) is 9.59 Å². The number of anilines is 2. The predicted octanol–water partition coefficient (Wildman–Crippen LogP) is 4.12. The zero-order chi connectivity index (χ0) is 28.5.